The quantitative estimate of drug-likeness (QED) is 0.846. The van der Waals surface area contributed by atoms with Crippen molar-refractivity contribution in [3.05, 3.63) is 68.2 Å². The van der Waals surface area contributed by atoms with Crippen molar-refractivity contribution < 1.29 is 5.11 Å². The predicted molar refractivity (Wildman–Crippen MR) is 83.6 cm³/mol. The molecule has 100 valence electrons. The van der Waals surface area contributed by atoms with Crippen molar-refractivity contribution in [3.8, 4) is 0 Å². The van der Waals surface area contributed by atoms with Crippen molar-refractivity contribution >= 4 is 15.9 Å². The average Bonchev–Trinajstić information content (AvgIpc) is 2.33. The Balaban J connectivity index is 2.49. The molecule has 0 heterocycles. The number of benzene rings is 2. The zero-order valence-corrected chi connectivity index (χ0v) is 13.4. The summed E-state index contributed by atoms with van der Waals surface area (Å²) in [6, 6.07) is 10.2. The van der Waals surface area contributed by atoms with Gasteiger partial charge in [0.25, 0.3) is 0 Å². The van der Waals surface area contributed by atoms with Crippen LogP contribution in [-0.2, 0) is 0 Å². The second-order valence-corrected chi connectivity index (χ2v) is 6.11. The van der Waals surface area contributed by atoms with Gasteiger partial charge >= 0.3 is 0 Å². The van der Waals surface area contributed by atoms with Gasteiger partial charge in [-0.3, -0.25) is 0 Å². The lowest BCUT2D eigenvalue weighted by Crippen LogP contribution is -2.05. The van der Waals surface area contributed by atoms with Crippen LogP contribution >= 0.6 is 15.9 Å². The van der Waals surface area contributed by atoms with E-state index in [1.54, 1.807) is 0 Å². The van der Waals surface area contributed by atoms with Gasteiger partial charge in [0, 0.05) is 4.47 Å². The highest BCUT2D eigenvalue weighted by atomic mass is 79.9. The number of halogens is 1. The standard InChI is InChI=1S/C17H19BrO/c1-10-7-12(3)16(9-11(10)2)17(19)15-6-5-14(18)8-13(15)4/h5-9,17,19H,1-4H3. The predicted octanol–water partition coefficient (Wildman–Crippen LogP) is 4.76. The molecule has 2 rings (SSSR count). The number of aliphatic hydroxyl groups excluding tert-OH is 1. The summed E-state index contributed by atoms with van der Waals surface area (Å²) in [4.78, 5) is 0. The molecule has 1 N–H and O–H groups in total. The average molecular weight is 319 g/mol. The van der Waals surface area contributed by atoms with E-state index in [4.69, 9.17) is 0 Å². The van der Waals surface area contributed by atoms with E-state index in [1.165, 1.54) is 11.1 Å². The lowest BCUT2D eigenvalue weighted by Gasteiger charge is -2.18. The van der Waals surface area contributed by atoms with Crippen LogP contribution in [0.25, 0.3) is 0 Å². The summed E-state index contributed by atoms with van der Waals surface area (Å²) >= 11 is 3.46. The molecule has 0 aliphatic carbocycles. The van der Waals surface area contributed by atoms with Gasteiger partial charge in [0.1, 0.15) is 6.10 Å². The first kappa shape index (κ1) is 14.3. The third kappa shape index (κ3) is 2.90. The van der Waals surface area contributed by atoms with Crippen LogP contribution in [-0.4, -0.2) is 5.11 Å². The minimum atomic E-state index is -0.563. The molecule has 0 aromatic heterocycles. The second kappa shape index (κ2) is 5.48. The number of aryl methyl sites for hydroxylation is 4. The minimum Gasteiger partial charge on any atom is -0.384 e. The number of aliphatic hydroxyl groups is 1. The Labute approximate surface area is 123 Å². The van der Waals surface area contributed by atoms with E-state index in [1.807, 2.05) is 25.1 Å². The van der Waals surface area contributed by atoms with Crippen molar-refractivity contribution in [2.45, 2.75) is 33.8 Å². The van der Waals surface area contributed by atoms with Crippen molar-refractivity contribution in [2.75, 3.05) is 0 Å². The first-order valence-electron chi connectivity index (χ1n) is 6.42. The highest BCUT2D eigenvalue weighted by molar-refractivity contribution is 9.10. The van der Waals surface area contributed by atoms with Crippen molar-refractivity contribution in [3.63, 3.8) is 0 Å². The van der Waals surface area contributed by atoms with E-state index >= 15 is 0 Å². The van der Waals surface area contributed by atoms with E-state index < -0.39 is 6.10 Å². The molecule has 0 aliphatic heterocycles. The largest absolute Gasteiger partial charge is 0.384 e. The van der Waals surface area contributed by atoms with Crippen LogP contribution in [0.2, 0.25) is 0 Å². The maximum absolute atomic E-state index is 10.6. The second-order valence-electron chi connectivity index (χ2n) is 5.20. The molecule has 0 spiro atoms. The fourth-order valence-corrected chi connectivity index (χ4v) is 2.87. The molecule has 1 nitrogen and oxygen atoms in total. The maximum Gasteiger partial charge on any atom is 0.105 e. The van der Waals surface area contributed by atoms with E-state index in [-0.39, 0.29) is 0 Å². The highest BCUT2D eigenvalue weighted by Crippen LogP contribution is 2.30. The summed E-state index contributed by atoms with van der Waals surface area (Å²) in [7, 11) is 0. The van der Waals surface area contributed by atoms with Gasteiger partial charge in [0.2, 0.25) is 0 Å². The molecular formula is C17H19BrO. The SMILES string of the molecule is Cc1cc(C)c(C(O)c2ccc(Br)cc2C)cc1C. The van der Waals surface area contributed by atoms with Gasteiger partial charge in [-0.05, 0) is 73.2 Å². The fourth-order valence-electron chi connectivity index (χ4n) is 2.39. The van der Waals surface area contributed by atoms with Crippen molar-refractivity contribution in [1.82, 2.24) is 0 Å². The lowest BCUT2D eigenvalue weighted by atomic mass is 9.92. The molecule has 0 bridgehead atoms. The molecule has 0 saturated carbocycles. The van der Waals surface area contributed by atoms with Gasteiger partial charge in [-0.15, -0.1) is 0 Å². The van der Waals surface area contributed by atoms with E-state index in [0.29, 0.717) is 0 Å². The van der Waals surface area contributed by atoms with Crippen LogP contribution in [0.3, 0.4) is 0 Å². The van der Waals surface area contributed by atoms with Crippen LogP contribution < -0.4 is 0 Å². The molecule has 1 atom stereocenters. The summed E-state index contributed by atoms with van der Waals surface area (Å²) in [5.74, 6) is 0. The summed E-state index contributed by atoms with van der Waals surface area (Å²) in [5, 5.41) is 10.6. The smallest absolute Gasteiger partial charge is 0.105 e. The molecular weight excluding hydrogens is 300 g/mol. The van der Waals surface area contributed by atoms with Gasteiger partial charge in [0.15, 0.2) is 0 Å². The maximum atomic E-state index is 10.6. The Hall–Kier alpha value is -1.12. The summed E-state index contributed by atoms with van der Waals surface area (Å²) in [6.07, 6.45) is -0.563. The Morgan fingerprint density at radius 3 is 2.00 bits per heavy atom. The van der Waals surface area contributed by atoms with Crippen LogP contribution in [0.1, 0.15) is 39.5 Å². The van der Waals surface area contributed by atoms with Crippen molar-refractivity contribution in [2.24, 2.45) is 0 Å². The number of hydrogen-bond donors (Lipinski definition) is 1. The summed E-state index contributed by atoms with van der Waals surface area (Å²) in [6.45, 7) is 8.27. The Kier molecular flexibility index (Phi) is 4.12. The zero-order valence-electron chi connectivity index (χ0n) is 11.8. The highest BCUT2D eigenvalue weighted by Gasteiger charge is 2.16. The molecule has 1 unspecified atom stereocenters. The monoisotopic (exact) mass is 318 g/mol. The van der Waals surface area contributed by atoms with Crippen LogP contribution in [0, 0.1) is 27.7 Å². The zero-order chi connectivity index (χ0) is 14.2. The molecule has 0 aliphatic rings. The van der Waals surface area contributed by atoms with Crippen LogP contribution in [0.5, 0.6) is 0 Å². The topological polar surface area (TPSA) is 20.2 Å². The van der Waals surface area contributed by atoms with Gasteiger partial charge in [-0.25, -0.2) is 0 Å². The van der Waals surface area contributed by atoms with Gasteiger partial charge < -0.3 is 5.11 Å². The third-order valence-corrected chi connectivity index (χ3v) is 4.20. The summed E-state index contributed by atoms with van der Waals surface area (Å²) in [5.41, 5.74) is 6.68. The van der Waals surface area contributed by atoms with Gasteiger partial charge in [-0.2, -0.15) is 0 Å². The van der Waals surface area contributed by atoms with E-state index in [0.717, 1.165) is 26.7 Å². The van der Waals surface area contributed by atoms with Crippen LogP contribution in [0.4, 0.5) is 0 Å². The third-order valence-electron chi connectivity index (χ3n) is 3.70. The van der Waals surface area contributed by atoms with Gasteiger partial charge in [-0.1, -0.05) is 34.1 Å². The molecule has 2 aromatic rings. The first-order chi connectivity index (χ1) is 8.90. The number of rotatable bonds is 2. The first-order valence-corrected chi connectivity index (χ1v) is 7.21. The molecule has 19 heavy (non-hydrogen) atoms. The molecule has 0 radical (unpaired) electrons. The van der Waals surface area contributed by atoms with Crippen LogP contribution in [0.15, 0.2) is 34.8 Å². The number of hydrogen-bond acceptors (Lipinski definition) is 1. The molecule has 0 amide bonds. The Morgan fingerprint density at radius 2 is 1.37 bits per heavy atom. The molecule has 0 saturated heterocycles. The van der Waals surface area contributed by atoms with Crippen molar-refractivity contribution in [1.29, 1.82) is 0 Å². The fraction of sp³-hybridized carbons (Fsp3) is 0.294. The molecule has 0 fully saturated rings. The Bertz CT molecular complexity index is 617. The lowest BCUT2D eigenvalue weighted by molar-refractivity contribution is 0.218. The molecule has 2 heteroatoms. The van der Waals surface area contributed by atoms with E-state index in [2.05, 4.69) is 48.8 Å². The molecule has 2 aromatic carbocycles. The van der Waals surface area contributed by atoms with E-state index in [9.17, 15) is 5.11 Å². The Morgan fingerprint density at radius 1 is 0.789 bits per heavy atom. The summed E-state index contributed by atoms with van der Waals surface area (Å²) < 4.78 is 1.04. The normalized spacial score (nSPS) is 12.5. The van der Waals surface area contributed by atoms with Gasteiger partial charge in [0.05, 0.1) is 0 Å². The minimum absolute atomic E-state index is 0.563.